The molecule has 1 atom stereocenters. The van der Waals surface area contributed by atoms with E-state index < -0.39 is 22.8 Å². The van der Waals surface area contributed by atoms with Crippen molar-refractivity contribution in [3.05, 3.63) is 58.5 Å². The van der Waals surface area contributed by atoms with Crippen LogP contribution in [0.15, 0.2) is 47.1 Å². The number of furan rings is 1. The summed E-state index contributed by atoms with van der Waals surface area (Å²) in [7, 11) is 1.44. The molecule has 0 radical (unpaired) electrons. The number of nitrogens with zero attached hydrogens (tertiary/aromatic N) is 1. The first-order valence-electron chi connectivity index (χ1n) is 6.91. The molecule has 0 fully saturated rings. The van der Waals surface area contributed by atoms with Gasteiger partial charge in [0.25, 0.3) is 5.69 Å². The van der Waals surface area contributed by atoms with Gasteiger partial charge in [-0.1, -0.05) is 12.1 Å². The summed E-state index contributed by atoms with van der Waals surface area (Å²) in [6, 6.07) is 8.88. The molecule has 0 spiro atoms. The summed E-state index contributed by atoms with van der Waals surface area (Å²) in [5, 5.41) is 15.5. The van der Waals surface area contributed by atoms with Gasteiger partial charge in [-0.2, -0.15) is 0 Å². The zero-order valence-electron chi connectivity index (χ0n) is 12.7. The van der Waals surface area contributed by atoms with Crippen molar-refractivity contribution < 1.29 is 23.7 Å². The van der Waals surface area contributed by atoms with Crippen LogP contribution >= 0.6 is 0 Å². The third-order valence-corrected chi connectivity index (χ3v) is 3.15. The van der Waals surface area contributed by atoms with E-state index in [1.165, 1.54) is 37.6 Å². The van der Waals surface area contributed by atoms with Crippen LogP contribution in [-0.2, 0) is 14.3 Å². The van der Waals surface area contributed by atoms with Crippen LogP contribution in [0.3, 0.4) is 0 Å². The number of hydrogen-bond acceptors (Lipinski definition) is 6. The summed E-state index contributed by atoms with van der Waals surface area (Å²) in [4.78, 5) is 33.9. The van der Waals surface area contributed by atoms with Crippen molar-refractivity contribution in [2.75, 3.05) is 19.0 Å². The SMILES string of the molecule is COC(CNC(=O)C(=O)Nc1ccccc1[N+](=O)[O-])c1ccco1. The largest absolute Gasteiger partial charge is 0.467 e. The molecule has 2 N–H and O–H groups in total. The van der Waals surface area contributed by atoms with Crippen LogP contribution in [0.1, 0.15) is 11.9 Å². The Kier molecular flexibility index (Phi) is 5.63. The smallest absolute Gasteiger partial charge is 0.313 e. The maximum Gasteiger partial charge on any atom is 0.313 e. The Morgan fingerprint density at radius 2 is 2.00 bits per heavy atom. The van der Waals surface area contributed by atoms with Gasteiger partial charge in [-0.15, -0.1) is 0 Å². The molecule has 0 saturated heterocycles. The molecule has 2 amide bonds. The molecule has 0 aliphatic rings. The topological polar surface area (TPSA) is 124 Å². The number of amides is 2. The Morgan fingerprint density at radius 3 is 2.62 bits per heavy atom. The average Bonchev–Trinajstić information content (AvgIpc) is 3.10. The second-order valence-electron chi connectivity index (χ2n) is 4.68. The first-order chi connectivity index (χ1) is 11.5. The first kappa shape index (κ1) is 17.2. The van der Waals surface area contributed by atoms with Gasteiger partial charge in [0, 0.05) is 13.2 Å². The van der Waals surface area contributed by atoms with E-state index in [4.69, 9.17) is 9.15 Å². The predicted octanol–water partition coefficient (Wildman–Crippen LogP) is 1.63. The summed E-state index contributed by atoms with van der Waals surface area (Å²) >= 11 is 0. The quantitative estimate of drug-likeness (QED) is 0.470. The number of anilines is 1. The number of para-hydroxylation sites is 2. The number of nitro benzene ring substituents is 1. The number of hydrogen-bond donors (Lipinski definition) is 2. The lowest BCUT2D eigenvalue weighted by molar-refractivity contribution is -0.383. The molecule has 9 heteroatoms. The summed E-state index contributed by atoms with van der Waals surface area (Å²) in [5.41, 5.74) is -0.360. The molecule has 1 unspecified atom stereocenters. The van der Waals surface area contributed by atoms with Gasteiger partial charge in [-0.25, -0.2) is 0 Å². The molecule has 0 aliphatic carbocycles. The molecule has 0 aliphatic heterocycles. The third kappa shape index (κ3) is 4.17. The van der Waals surface area contributed by atoms with Crippen molar-refractivity contribution in [2.45, 2.75) is 6.10 Å². The van der Waals surface area contributed by atoms with Crippen LogP contribution in [0.25, 0.3) is 0 Å². The van der Waals surface area contributed by atoms with Gasteiger partial charge in [0.15, 0.2) is 0 Å². The van der Waals surface area contributed by atoms with Gasteiger partial charge in [-0.3, -0.25) is 19.7 Å². The minimum atomic E-state index is -1.02. The highest BCUT2D eigenvalue weighted by atomic mass is 16.6. The van der Waals surface area contributed by atoms with E-state index >= 15 is 0 Å². The van der Waals surface area contributed by atoms with Crippen LogP contribution in [0, 0.1) is 10.1 Å². The number of carbonyl (C=O) groups excluding carboxylic acids is 2. The zero-order valence-corrected chi connectivity index (χ0v) is 12.7. The monoisotopic (exact) mass is 333 g/mol. The second-order valence-corrected chi connectivity index (χ2v) is 4.68. The van der Waals surface area contributed by atoms with E-state index in [2.05, 4.69) is 10.6 Å². The van der Waals surface area contributed by atoms with Gasteiger partial charge in [0.1, 0.15) is 17.6 Å². The summed E-state index contributed by atoms with van der Waals surface area (Å²) in [6.45, 7) is 0.00709. The first-order valence-corrected chi connectivity index (χ1v) is 6.91. The standard InChI is InChI=1S/C15H15N3O6/c1-23-13(12-7-4-8-24-12)9-16-14(19)15(20)17-10-5-2-3-6-11(10)18(21)22/h2-8,13H,9H2,1H3,(H,16,19)(H,17,20). The molecule has 2 rings (SSSR count). The Bertz CT molecular complexity index is 729. The van der Waals surface area contributed by atoms with Gasteiger partial charge in [-0.05, 0) is 18.2 Å². The van der Waals surface area contributed by atoms with Crippen molar-refractivity contribution in [3.63, 3.8) is 0 Å². The summed E-state index contributed by atoms with van der Waals surface area (Å²) < 4.78 is 10.3. The van der Waals surface area contributed by atoms with Crippen molar-refractivity contribution in [1.82, 2.24) is 5.32 Å². The molecule has 1 heterocycles. The molecular formula is C15H15N3O6. The normalized spacial score (nSPS) is 11.5. The number of methoxy groups -OCH3 is 1. The van der Waals surface area contributed by atoms with Gasteiger partial charge >= 0.3 is 11.8 Å². The number of nitrogens with one attached hydrogen (secondary N) is 2. The van der Waals surface area contributed by atoms with E-state index in [-0.39, 0.29) is 17.9 Å². The van der Waals surface area contributed by atoms with E-state index in [9.17, 15) is 19.7 Å². The van der Waals surface area contributed by atoms with Crippen molar-refractivity contribution in [2.24, 2.45) is 0 Å². The van der Waals surface area contributed by atoms with Gasteiger partial charge in [0.05, 0.1) is 17.7 Å². The van der Waals surface area contributed by atoms with Crippen molar-refractivity contribution in [3.8, 4) is 0 Å². The molecule has 2 aromatic rings. The third-order valence-electron chi connectivity index (χ3n) is 3.15. The Labute approximate surface area is 136 Å². The van der Waals surface area contributed by atoms with E-state index in [1.54, 1.807) is 12.1 Å². The highest BCUT2D eigenvalue weighted by Crippen LogP contribution is 2.23. The number of nitro groups is 1. The lowest BCUT2D eigenvalue weighted by atomic mass is 10.2. The van der Waals surface area contributed by atoms with E-state index in [1.807, 2.05) is 0 Å². The summed E-state index contributed by atoms with van der Waals surface area (Å²) in [5.74, 6) is -1.46. The average molecular weight is 333 g/mol. The Morgan fingerprint density at radius 1 is 1.25 bits per heavy atom. The highest BCUT2D eigenvalue weighted by molar-refractivity contribution is 6.39. The lowest BCUT2D eigenvalue weighted by Crippen LogP contribution is -2.38. The van der Waals surface area contributed by atoms with Gasteiger partial charge in [0.2, 0.25) is 0 Å². The second kappa shape index (κ2) is 7.88. The van der Waals surface area contributed by atoms with E-state index in [0.29, 0.717) is 5.76 Å². The molecule has 1 aromatic heterocycles. The lowest BCUT2D eigenvalue weighted by Gasteiger charge is -2.13. The number of benzene rings is 1. The fourth-order valence-electron chi connectivity index (χ4n) is 1.96. The fraction of sp³-hybridized carbons (Fsp3) is 0.200. The van der Waals surface area contributed by atoms with Crippen LogP contribution in [0.2, 0.25) is 0 Å². The minimum absolute atomic E-state index is 0.00709. The zero-order chi connectivity index (χ0) is 17.5. The molecular weight excluding hydrogens is 318 g/mol. The molecule has 9 nitrogen and oxygen atoms in total. The maximum atomic E-state index is 11.9. The van der Waals surface area contributed by atoms with Crippen LogP contribution in [0.4, 0.5) is 11.4 Å². The summed E-state index contributed by atoms with van der Waals surface area (Å²) in [6.07, 6.45) is 0.910. The minimum Gasteiger partial charge on any atom is -0.467 e. The van der Waals surface area contributed by atoms with Crippen molar-refractivity contribution in [1.29, 1.82) is 0 Å². The molecule has 1 aromatic carbocycles. The van der Waals surface area contributed by atoms with E-state index in [0.717, 1.165) is 0 Å². The fourth-order valence-corrected chi connectivity index (χ4v) is 1.96. The highest BCUT2D eigenvalue weighted by Gasteiger charge is 2.21. The Balaban J connectivity index is 1.95. The maximum absolute atomic E-state index is 11.9. The van der Waals surface area contributed by atoms with Crippen LogP contribution < -0.4 is 10.6 Å². The predicted molar refractivity (Wildman–Crippen MR) is 83.2 cm³/mol. The van der Waals surface area contributed by atoms with Crippen LogP contribution in [0.5, 0.6) is 0 Å². The molecule has 126 valence electrons. The van der Waals surface area contributed by atoms with Crippen LogP contribution in [-0.4, -0.2) is 30.4 Å². The number of ether oxygens (including phenoxy) is 1. The number of carbonyl (C=O) groups is 2. The molecule has 24 heavy (non-hydrogen) atoms. The molecule has 0 bridgehead atoms. The number of rotatable bonds is 6. The van der Waals surface area contributed by atoms with Gasteiger partial charge < -0.3 is 19.8 Å². The Hall–Kier alpha value is -3.20. The van der Waals surface area contributed by atoms with Crippen molar-refractivity contribution >= 4 is 23.2 Å². The molecule has 0 saturated carbocycles.